The summed E-state index contributed by atoms with van der Waals surface area (Å²) in [6.45, 7) is 8.14. The van der Waals surface area contributed by atoms with Gasteiger partial charge in [0.25, 0.3) is 5.56 Å². The Hall–Kier alpha value is -1.70. The third kappa shape index (κ3) is 5.38. The summed E-state index contributed by atoms with van der Waals surface area (Å²) in [7, 11) is 0. The highest BCUT2D eigenvalue weighted by Gasteiger charge is 2.16. The summed E-state index contributed by atoms with van der Waals surface area (Å²) in [4.78, 5) is 17.9. The van der Waals surface area contributed by atoms with Crippen LogP contribution < -0.4 is 10.3 Å². The molecule has 0 fully saturated rings. The van der Waals surface area contributed by atoms with E-state index >= 15 is 0 Å². The number of halogens is 3. The zero-order valence-corrected chi connectivity index (χ0v) is 21.8. The Kier molecular flexibility index (Phi) is 7.94. The molecule has 31 heavy (non-hydrogen) atoms. The van der Waals surface area contributed by atoms with Crippen molar-refractivity contribution in [1.29, 1.82) is 0 Å². The van der Waals surface area contributed by atoms with Crippen molar-refractivity contribution in [3.05, 3.63) is 66.0 Å². The van der Waals surface area contributed by atoms with Crippen LogP contribution in [0.25, 0.3) is 10.9 Å². The van der Waals surface area contributed by atoms with Gasteiger partial charge in [0.1, 0.15) is 5.82 Å². The minimum atomic E-state index is -0.209. The minimum absolute atomic E-state index is 0.0491. The standard InChI is InChI=1S/C23H24Br2ClN3O2/c1-5-13(3)22-28-20-8-7-16(24)11-17(20)23(30)29(22)27-12-15-9-18(25)21(19(26)10-15)31-14(4)6-2/h7-14H,5-6H2,1-4H3/t13-,14+/m0/s1. The van der Waals surface area contributed by atoms with Crippen molar-refractivity contribution in [2.24, 2.45) is 5.10 Å². The Labute approximate surface area is 203 Å². The lowest BCUT2D eigenvalue weighted by molar-refractivity contribution is 0.216. The topological polar surface area (TPSA) is 56.5 Å². The molecule has 3 aromatic rings. The van der Waals surface area contributed by atoms with Gasteiger partial charge >= 0.3 is 0 Å². The van der Waals surface area contributed by atoms with E-state index in [1.165, 1.54) is 4.68 Å². The van der Waals surface area contributed by atoms with Crippen LogP contribution in [-0.4, -0.2) is 22.0 Å². The summed E-state index contributed by atoms with van der Waals surface area (Å²) in [5.41, 5.74) is 1.19. The third-order valence-corrected chi connectivity index (χ3v) is 6.49. The fraction of sp³-hybridized carbons (Fsp3) is 0.348. The normalized spacial score (nSPS) is 13.6. The maximum absolute atomic E-state index is 13.2. The van der Waals surface area contributed by atoms with Gasteiger partial charge in [-0.25, -0.2) is 4.98 Å². The number of ether oxygens (including phenoxy) is 1. The molecule has 0 N–H and O–H groups in total. The Bertz CT molecular complexity index is 1170. The van der Waals surface area contributed by atoms with Crippen LogP contribution in [0.1, 0.15) is 57.8 Å². The number of nitrogens with zero attached hydrogens (tertiary/aromatic N) is 3. The SMILES string of the molecule is CC[C@@H](C)Oc1c(Cl)cc(C=Nn2c([C@@H](C)CC)nc3ccc(Br)cc3c2=O)cc1Br. The van der Waals surface area contributed by atoms with Gasteiger partial charge in [-0.2, -0.15) is 9.78 Å². The number of rotatable bonds is 7. The van der Waals surface area contributed by atoms with E-state index in [-0.39, 0.29) is 17.6 Å². The zero-order valence-electron chi connectivity index (χ0n) is 17.8. The molecular weight excluding hydrogens is 546 g/mol. The average molecular weight is 570 g/mol. The smallest absolute Gasteiger partial charge is 0.282 e. The van der Waals surface area contributed by atoms with Crippen LogP contribution in [0.3, 0.4) is 0 Å². The van der Waals surface area contributed by atoms with Crippen molar-refractivity contribution >= 4 is 60.6 Å². The molecule has 0 bridgehead atoms. The molecular formula is C23H24Br2ClN3O2. The van der Waals surface area contributed by atoms with Crippen LogP contribution in [0.2, 0.25) is 5.02 Å². The third-order valence-electron chi connectivity index (χ3n) is 5.12. The van der Waals surface area contributed by atoms with Crippen LogP contribution in [0.4, 0.5) is 0 Å². The first-order chi connectivity index (χ1) is 14.7. The molecule has 0 aliphatic heterocycles. The van der Waals surface area contributed by atoms with E-state index in [1.807, 2.05) is 32.0 Å². The lowest BCUT2D eigenvalue weighted by atomic mass is 10.1. The summed E-state index contributed by atoms with van der Waals surface area (Å²) in [5.74, 6) is 1.29. The van der Waals surface area contributed by atoms with Crippen LogP contribution in [0, 0.1) is 0 Å². The highest BCUT2D eigenvalue weighted by Crippen LogP contribution is 2.35. The number of hydrogen-bond acceptors (Lipinski definition) is 4. The van der Waals surface area contributed by atoms with Crippen LogP contribution in [0.15, 0.2) is 49.2 Å². The number of fused-ring (bicyclic) bond motifs is 1. The van der Waals surface area contributed by atoms with E-state index in [9.17, 15) is 4.79 Å². The second-order valence-corrected chi connectivity index (χ2v) is 9.63. The van der Waals surface area contributed by atoms with Gasteiger partial charge in [0.15, 0.2) is 5.75 Å². The first kappa shape index (κ1) is 24.0. The molecule has 2 aromatic carbocycles. The lowest BCUT2D eigenvalue weighted by Crippen LogP contribution is -2.23. The van der Waals surface area contributed by atoms with Crippen molar-refractivity contribution in [3.8, 4) is 5.75 Å². The van der Waals surface area contributed by atoms with Gasteiger partial charge in [-0.15, -0.1) is 0 Å². The predicted octanol–water partition coefficient (Wildman–Crippen LogP) is 7.15. The number of benzene rings is 2. The maximum atomic E-state index is 13.2. The molecule has 164 valence electrons. The molecule has 1 heterocycles. The van der Waals surface area contributed by atoms with Gasteiger partial charge in [0, 0.05) is 10.4 Å². The molecule has 5 nitrogen and oxygen atoms in total. The maximum Gasteiger partial charge on any atom is 0.282 e. The minimum Gasteiger partial charge on any atom is -0.488 e. The molecule has 1 aromatic heterocycles. The van der Waals surface area contributed by atoms with Gasteiger partial charge in [-0.1, -0.05) is 48.3 Å². The van der Waals surface area contributed by atoms with Gasteiger partial charge in [-0.3, -0.25) is 4.79 Å². The molecule has 0 aliphatic rings. The molecule has 0 radical (unpaired) electrons. The number of aromatic nitrogens is 2. The second-order valence-electron chi connectivity index (χ2n) is 7.45. The zero-order chi connectivity index (χ0) is 22.7. The Morgan fingerprint density at radius 1 is 1.19 bits per heavy atom. The van der Waals surface area contributed by atoms with Crippen LogP contribution >= 0.6 is 43.5 Å². The quantitative estimate of drug-likeness (QED) is 0.284. The summed E-state index contributed by atoms with van der Waals surface area (Å²) < 4.78 is 8.83. The largest absolute Gasteiger partial charge is 0.488 e. The van der Waals surface area contributed by atoms with Gasteiger partial charge < -0.3 is 4.74 Å². The summed E-state index contributed by atoms with van der Waals surface area (Å²) >= 11 is 13.4. The molecule has 0 saturated heterocycles. The van der Waals surface area contributed by atoms with Gasteiger partial charge in [0.2, 0.25) is 0 Å². The monoisotopic (exact) mass is 567 g/mol. The van der Waals surface area contributed by atoms with Crippen molar-refractivity contribution in [1.82, 2.24) is 9.66 Å². The van der Waals surface area contributed by atoms with E-state index < -0.39 is 0 Å². The summed E-state index contributed by atoms with van der Waals surface area (Å²) in [6, 6.07) is 9.13. The lowest BCUT2D eigenvalue weighted by Gasteiger charge is -2.16. The summed E-state index contributed by atoms with van der Waals surface area (Å²) in [6.07, 6.45) is 3.37. The highest BCUT2D eigenvalue weighted by atomic mass is 79.9. The molecule has 0 unspecified atom stereocenters. The molecule has 2 atom stereocenters. The van der Waals surface area contributed by atoms with E-state index in [2.05, 4.69) is 50.8 Å². The average Bonchev–Trinajstić information content (AvgIpc) is 2.75. The van der Waals surface area contributed by atoms with Crippen LogP contribution in [-0.2, 0) is 0 Å². The van der Waals surface area contributed by atoms with Gasteiger partial charge in [-0.05, 0) is 71.6 Å². The second kappa shape index (κ2) is 10.3. The fourth-order valence-corrected chi connectivity index (χ4v) is 4.27. The molecule has 0 aliphatic carbocycles. The van der Waals surface area contributed by atoms with E-state index in [4.69, 9.17) is 21.3 Å². The summed E-state index contributed by atoms with van der Waals surface area (Å²) in [5, 5.41) is 5.48. The molecule has 0 amide bonds. The van der Waals surface area contributed by atoms with Crippen LogP contribution in [0.5, 0.6) is 5.75 Å². The van der Waals surface area contributed by atoms with E-state index in [1.54, 1.807) is 18.3 Å². The van der Waals surface area contributed by atoms with E-state index in [0.29, 0.717) is 27.5 Å². The highest BCUT2D eigenvalue weighted by molar-refractivity contribution is 9.10. The first-order valence-electron chi connectivity index (χ1n) is 10.2. The molecule has 3 rings (SSSR count). The molecule has 0 spiro atoms. The molecule has 8 heteroatoms. The Morgan fingerprint density at radius 2 is 1.94 bits per heavy atom. The first-order valence-corrected chi connectivity index (χ1v) is 12.1. The van der Waals surface area contributed by atoms with E-state index in [0.717, 1.165) is 27.4 Å². The van der Waals surface area contributed by atoms with Crippen molar-refractivity contribution in [2.75, 3.05) is 0 Å². The van der Waals surface area contributed by atoms with Crippen molar-refractivity contribution in [2.45, 2.75) is 52.6 Å². The Balaban J connectivity index is 2.08. The number of hydrogen-bond donors (Lipinski definition) is 0. The predicted molar refractivity (Wildman–Crippen MR) is 135 cm³/mol. The Morgan fingerprint density at radius 3 is 2.58 bits per heavy atom. The van der Waals surface area contributed by atoms with Crippen molar-refractivity contribution in [3.63, 3.8) is 0 Å². The van der Waals surface area contributed by atoms with Crippen molar-refractivity contribution < 1.29 is 4.74 Å². The fourth-order valence-electron chi connectivity index (χ4n) is 2.95. The molecule has 0 saturated carbocycles. The van der Waals surface area contributed by atoms with Gasteiger partial charge in [0.05, 0.1) is 32.7 Å².